The minimum Gasteiger partial charge on any atom is -0.497 e. The highest BCUT2D eigenvalue weighted by atomic mass is 16.5. The second kappa shape index (κ2) is 4.62. The number of hydrogen-bond acceptors (Lipinski definition) is 3. The van der Waals surface area contributed by atoms with Crippen LogP contribution in [0.15, 0.2) is 29.8 Å². The lowest BCUT2D eigenvalue weighted by atomic mass is 9.97. The molecular formula is C14H16O3. The minimum absolute atomic E-state index is 0.0352. The molecule has 0 aromatic heterocycles. The quantitative estimate of drug-likeness (QED) is 0.581. The molecule has 0 N–H and O–H groups in total. The topological polar surface area (TPSA) is 35.5 Å². The largest absolute Gasteiger partial charge is 0.497 e. The van der Waals surface area contributed by atoms with Gasteiger partial charge in [0, 0.05) is 11.5 Å². The lowest BCUT2D eigenvalue weighted by Crippen LogP contribution is -2.07. The van der Waals surface area contributed by atoms with E-state index in [1.165, 1.54) is 0 Å². The Morgan fingerprint density at radius 3 is 2.35 bits per heavy atom. The van der Waals surface area contributed by atoms with Crippen molar-refractivity contribution in [3.8, 4) is 5.75 Å². The molecule has 1 aromatic rings. The highest BCUT2D eigenvalue weighted by Gasteiger charge is 2.33. The molecule has 1 heterocycles. The van der Waals surface area contributed by atoms with Crippen LogP contribution in [0.25, 0.3) is 6.08 Å². The van der Waals surface area contributed by atoms with Crippen molar-refractivity contribution in [1.29, 1.82) is 0 Å². The van der Waals surface area contributed by atoms with Crippen molar-refractivity contribution < 1.29 is 14.3 Å². The third kappa shape index (κ3) is 2.33. The van der Waals surface area contributed by atoms with Gasteiger partial charge in [-0.3, -0.25) is 0 Å². The van der Waals surface area contributed by atoms with Crippen LogP contribution < -0.4 is 4.74 Å². The highest BCUT2D eigenvalue weighted by Crippen LogP contribution is 2.29. The fourth-order valence-corrected chi connectivity index (χ4v) is 1.85. The first-order chi connectivity index (χ1) is 8.11. The molecule has 1 fully saturated rings. The number of esters is 1. The number of methoxy groups -OCH3 is 1. The van der Waals surface area contributed by atoms with Crippen LogP contribution in [0.1, 0.15) is 19.4 Å². The molecule has 0 radical (unpaired) electrons. The zero-order chi connectivity index (χ0) is 12.4. The van der Waals surface area contributed by atoms with Gasteiger partial charge in [0.1, 0.15) is 11.9 Å². The molecule has 0 spiro atoms. The average molecular weight is 232 g/mol. The minimum atomic E-state index is -0.208. The Morgan fingerprint density at radius 2 is 1.88 bits per heavy atom. The van der Waals surface area contributed by atoms with Crippen LogP contribution in [0.4, 0.5) is 0 Å². The van der Waals surface area contributed by atoms with E-state index in [9.17, 15) is 4.79 Å². The van der Waals surface area contributed by atoms with Gasteiger partial charge < -0.3 is 9.47 Å². The SMILES string of the molecule is COc1ccc(C=C2C(=O)OC(C)C2C)cc1. The summed E-state index contributed by atoms with van der Waals surface area (Å²) in [7, 11) is 1.63. The van der Waals surface area contributed by atoms with Gasteiger partial charge in [-0.15, -0.1) is 0 Å². The van der Waals surface area contributed by atoms with Gasteiger partial charge in [0.05, 0.1) is 7.11 Å². The molecular weight excluding hydrogens is 216 g/mol. The third-order valence-corrected chi connectivity index (χ3v) is 3.16. The average Bonchev–Trinajstić information content (AvgIpc) is 2.57. The lowest BCUT2D eigenvalue weighted by Gasteiger charge is -2.05. The molecule has 2 rings (SSSR count). The summed E-state index contributed by atoms with van der Waals surface area (Å²) in [6.07, 6.45) is 1.85. The molecule has 1 aliphatic heterocycles. The number of hydrogen-bond donors (Lipinski definition) is 0. The zero-order valence-electron chi connectivity index (χ0n) is 10.3. The van der Waals surface area contributed by atoms with E-state index < -0.39 is 0 Å². The predicted molar refractivity (Wildman–Crippen MR) is 65.7 cm³/mol. The van der Waals surface area contributed by atoms with Crippen molar-refractivity contribution in [2.24, 2.45) is 5.92 Å². The molecule has 3 nitrogen and oxygen atoms in total. The number of cyclic esters (lactones) is 1. The maximum atomic E-state index is 11.6. The Morgan fingerprint density at radius 1 is 1.24 bits per heavy atom. The number of carbonyl (C=O) groups excluding carboxylic acids is 1. The van der Waals surface area contributed by atoms with E-state index in [1.54, 1.807) is 7.11 Å². The second-order valence-electron chi connectivity index (χ2n) is 4.27. The van der Waals surface area contributed by atoms with Gasteiger partial charge in [-0.25, -0.2) is 4.79 Å². The maximum absolute atomic E-state index is 11.6. The standard InChI is InChI=1S/C14H16O3/c1-9-10(2)17-14(15)13(9)8-11-4-6-12(16-3)7-5-11/h4-10H,1-3H3. The molecule has 3 heteroatoms. The van der Waals surface area contributed by atoms with Gasteiger partial charge in [-0.2, -0.15) is 0 Å². The van der Waals surface area contributed by atoms with Gasteiger partial charge in [-0.1, -0.05) is 19.1 Å². The van der Waals surface area contributed by atoms with Crippen molar-refractivity contribution in [1.82, 2.24) is 0 Å². The first-order valence-electron chi connectivity index (χ1n) is 5.68. The molecule has 2 atom stereocenters. The van der Waals surface area contributed by atoms with E-state index >= 15 is 0 Å². The molecule has 0 aliphatic carbocycles. The van der Waals surface area contributed by atoms with Gasteiger partial charge in [0.25, 0.3) is 0 Å². The zero-order valence-corrected chi connectivity index (χ0v) is 10.3. The van der Waals surface area contributed by atoms with Crippen molar-refractivity contribution in [2.45, 2.75) is 20.0 Å². The van der Waals surface area contributed by atoms with E-state index in [1.807, 2.05) is 44.2 Å². The van der Waals surface area contributed by atoms with Crippen LogP contribution in [-0.4, -0.2) is 19.2 Å². The van der Waals surface area contributed by atoms with Gasteiger partial charge >= 0.3 is 5.97 Å². The number of carbonyl (C=O) groups is 1. The fourth-order valence-electron chi connectivity index (χ4n) is 1.85. The molecule has 2 unspecified atom stereocenters. The highest BCUT2D eigenvalue weighted by molar-refractivity contribution is 5.96. The maximum Gasteiger partial charge on any atom is 0.334 e. The van der Waals surface area contributed by atoms with E-state index in [0.29, 0.717) is 0 Å². The molecule has 0 amide bonds. The molecule has 90 valence electrons. The van der Waals surface area contributed by atoms with Crippen LogP contribution >= 0.6 is 0 Å². The van der Waals surface area contributed by atoms with Crippen molar-refractivity contribution >= 4 is 12.0 Å². The Bertz CT molecular complexity index is 445. The summed E-state index contributed by atoms with van der Waals surface area (Å²) in [5.41, 5.74) is 1.72. The van der Waals surface area contributed by atoms with Crippen molar-refractivity contribution in [2.75, 3.05) is 7.11 Å². The van der Waals surface area contributed by atoms with Crippen LogP contribution in [0.2, 0.25) is 0 Å². The van der Waals surface area contributed by atoms with E-state index in [2.05, 4.69) is 0 Å². The first kappa shape index (κ1) is 11.7. The summed E-state index contributed by atoms with van der Waals surface area (Å²) >= 11 is 0. The monoisotopic (exact) mass is 232 g/mol. The molecule has 0 bridgehead atoms. The summed E-state index contributed by atoms with van der Waals surface area (Å²) in [6.45, 7) is 3.92. The summed E-state index contributed by atoms with van der Waals surface area (Å²) in [5.74, 6) is 0.744. The fraction of sp³-hybridized carbons (Fsp3) is 0.357. The summed E-state index contributed by atoms with van der Waals surface area (Å²) in [4.78, 5) is 11.6. The second-order valence-corrected chi connectivity index (χ2v) is 4.27. The molecule has 1 aliphatic rings. The van der Waals surface area contributed by atoms with E-state index in [-0.39, 0.29) is 18.0 Å². The van der Waals surface area contributed by atoms with Gasteiger partial charge in [0.15, 0.2) is 0 Å². The normalized spacial score (nSPS) is 26.1. The van der Waals surface area contributed by atoms with Gasteiger partial charge in [0.2, 0.25) is 0 Å². The van der Waals surface area contributed by atoms with Crippen LogP contribution in [0.3, 0.4) is 0 Å². The Kier molecular flexibility index (Phi) is 3.18. The van der Waals surface area contributed by atoms with Crippen molar-refractivity contribution in [3.05, 3.63) is 35.4 Å². The predicted octanol–water partition coefficient (Wildman–Crippen LogP) is 2.66. The summed E-state index contributed by atoms with van der Waals surface area (Å²) in [5, 5.41) is 0. The summed E-state index contributed by atoms with van der Waals surface area (Å²) in [6, 6.07) is 7.60. The van der Waals surface area contributed by atoms with E-state index in [4.69, 9.17) is 9.47 Å². The Balaban J connectivity index is 2.26. The first-order valence-corrected chi connectivity index (χ1v) is 5.68. The number of ether oxygens (including phenoxy) is 2. The number of benzene rings is 1. The molecule has 1 aromatic carbocycles. The summed E-state index contributed by atoms with van der Waals surface area (Å²) < 4.78 is 10.3. The van der Waals surface area contributed by atoms with E-state index in [0.717, 1.165) is 16.9 Å². The molecule has 1 saturated heterocycles. The smallest absolute Gasteiger partial charge is 0.334 e. The number of rotatable bonds is 2. The third-order valence-electron chi connectivity index (χ3n) is 3.16. The van der Waals surface area contributed by atoms with Crippen LogP contribution in [0.5, 0.6) is 5.75 Å². The Hall–Kier alpha value is -1.77. The molecule has 17 heavy (non-hydrogen) atoms. The van der Waals surface area contributed by atoms with Gasteiger partial charge in [-0.05, 0) is 30.7 Å². The Labute approximate surface area is 101 Å². The molecule has 0 saturated carbocycles. The van der Waals surface area contributed by atoms with Crippen molar-refractivity contribution in [3.63, 3.8) is 0 Å². The van der Waals surface area contributed by atoms with Crippen LogP contribution in [-0.2, 0) is 9.53 Å². The lowest BCUT2D eigenvalue weighted by molar-refractivity contribution is -0.138. The van der Waals surface area contributed by atoms with Crippen LogP contribution in [0, 0.1) is 5.92 Å².